The van der Waals surface area contributed by atoms with Crippen LogP contribution in [0.1, 0.15) is 22.8 Å². The van der Waals surface area contributed by atoms with E-state index in [1.807, 2.05) is 36.1 Å². The molecule has 0 amide bonds. The predicted molar refractivity (Wildman–Crippen MR) is 103 cm³/mol. The molecule has 3 heterocycles. The number of hydrogen-bond acceptors (Lipinski definition) is 3. The smallest absolute Gasteiger partial charge is 0.160 e. The van der Waals surface area contributed by atoms with Gasteiger partial charge in [-0.05, 0) is 30.7 Å². The van der Waals surface area contributed by atoms with Crippen molar-refractivity contribution in [3.05, 3.63) is 82.1 Å². The van der Waals surface area contributed by atoms with Gasteiger partial charge in [0.15, 0.2) is 11.6 Å². The van der Waals surface area contributed by atoms with Gasteiger partial charge < -0.3 is 4.57 Å². The number of aromatic nitrogens is 5. The van der Waals surface area contributed by atoms with Gasteiger partial charge in [0.05, 0.1) is 29.9 Å². The molecule has 26 heavy (non-hydrogen) atoms. The van der Waals surface area contributed by atoms with Crippen molar-refractivity contribution >= 4 is 15.9 Å². The van der Waals surface area contributed by atoms with Crippen molar-refractivity contribution in [2.75, 3.05) is 0 Å². The Bertz CT molecular complexity index is 1110. The van der Waals surface area contributed by atoms with Crippen molar-refractivity contribution in [3.63, 3.8) is 0 Å². The molecule has 0 spiro atoms. The van der Waals surface area contributed by atoms with Crippen molar-refractivity contribution in [1.82, 2.24) is 24.3 Å². The van der Waals surface area contributed by atoms with Crippen LogP contribution < -0.4 is 0 Å². The largest absolute Gasteiger partial charge is 0.300 e. The lowest BCUT2D eigenvalue weighted by Crippen LogP contribution is -2.06. The van der Waals surface area contributed by atoms with Gasteiger partial charge in [-0.1, -0.05) is 46.3 Å². The van der Waals surface area contributed by atoms with E-state index in [9.17, 15) is 0 Å². The zero-order chi connectivity index (χ0) is 17.7. The lowest BCUT2D eigenvalue weighted by atomic mass is 10.1. The van der Waals surface area contributed by atoms with Crippen molar-refractivity contribution in [1.29, 1.82) is 0 Å². The average Bonchev–Trinajstić information content (AvgIpc) is 3.17. The molecule has 0 bridgehead atoms. The third kappa shape index (κ3) is 2.49. The van der Waals surface area contributed by atoms with Crippen molar-refractivity contribution in [2.45, 2.75) is 19.9 Å². The summed E-state index contributed by atoms with van der Waals surface area (Å²) in [6, 6.07) is 16.6. The van der Waals surface area contributed by atoms with Gasteiger partial charge in [0.2, 0.25) is 0 Å². The first-order valence-corrected chi connectivity index (χ1v) is 9.29. The van der Waals surface area contributed by atoms with E-state index >= 15 is 0 Å². The summed E-state index contributed by atoms with van der Waals surface area (Å²) in [5.74, 6) is 1.73. The van der Waals surface area contributed by atoms with Crippen LogP contribution in [0.15, 0.2) is 59.3 Å². The fourth-order valence-electron chi connectivity index (χ4n) is 3.45. The standard InChI is InChI=1S/C20H16BrN5/c1-13-18-11-26-20(23-19(24-26)9-14-5-3-2-4-6-14)16-10-15(21)7-8-17(16)25(18)12-22-13/h2-8,10,12H,9,11H2,1H3. The fourth-order valence-corrected chi connectivity index (χ4v) is 3.81. The van der Waals surface area contributed by atoms with E-state index in [0.717, 1.165) is 45.2 Å². The van der Waals surface area contributed by atoms with Crippen LogP contribution >= 0.6 is 15.9 Å². The molecule has 0 saturated heterocycles. The van der Waals surface area contributed by atoms with Gasteiger partial charge in [-0.2, -0.15) is 5.10 Å². The molecule has 128 valence electrons. The molecule has 0 unspecified atom stereocenters. The van der Waals surface area contributed by atoms with Gasteiger partial charge in [-0.15, -0.1) is 0 Å². The summed E-state index contributed by atoms with van der Waals surface area (Å²) in [6.07, 6.45) is 2.61. The Morgan fingerprint density at radius 3 is 2.81 bits per heavy atom. The zero-order valence-corrected chi connectivity index (χ0v) is 15.8. The SMILES string of the molecule is Cc1ncn2c1Cn1nc(Cc3ccccc3)nc1-c1cc(Br)ccc1-2. The second kappa shape index (κ2) is 5.92. The van der Waals surface area contributed by atoms with E-state index in [2.05, 4.69) is 55.8 Å². The fraction of sp³-hybridized carbons (Fsp3) is 0.150. The molecule has 0 aliphatic carbocycles. The molecule has 6 heteroatoms. The number of hydrogen-bond donors (Lipinski definition) is 0. The van der Waals surface area contributed by atoms with Crippen molar-refractivity contribution in [2.24, 2.45) is 0 Å². The maximum absolute atomic E-state index is 4.88. The third-order valence-electron chi connectivity index (χ3n) is 4.75. The average molecular weight is 406 g/mol. The van der Waals surface area contributed by atoms with E-state index in [0.29, 0.717) is 6.54 Å². The highest BCUT2D eigenvalue weighted by molar-refractivity contribution is 9.10. The summed E-state index contributed by atoms with van der Waals surface area (Å²) in [5.41, 5.74) is 5.52. The van der Waals surface area contributed by atoms with Gasteiger partial charge >= 0.3 is 0 Å². The summed E-state index contributed by atoms with van der Waals surface area (Å²) in [4.78, 5) is 9.38. The number of benzene rings is 2. The van der Waals surface area contributed by atoms with Crippen LogP contribution in [-0.4, -0.2) is 24.3 Å². The van der Waals surface area contributed by atoms with E-state index in [1.54, 1.807) is 0 Å². The van der Waals surface area contributed by atoms with Crippen LogP contribution in [0.2, 0.25) is 0 Å². The monoisotopic (exact) mass is 405 g/mol. The van der Waals surface area contributed by atoms with Crippen LogP contribution in [0, 0.1) is 6.92 Å². The lowest BCUT2D eigenvalue weighted by molar-refractivity contribution is 0.664. The lowest BCUT2D eigenvalue weighted by Gasteiger charge is -2.08. The molecule has 5 nitrogen and oxygen atoms in total. The summed E-state index contributed by atoms with van der Waals surface area (Å²) in [6.45, 7) is 2.70. The normalized spacial score (nSPS) is 12.2. The molecule has 4 aromatic rings. The third-order valence-corrected chi connectivity index (χ3v) is 5.25. The van der Waals surface area contributed by atoms with Gasteiger partial charge in [-0.25, -0.2) is 14.6 Å². The van der Waals surface area contributed by atoms with Crippen molar-refractivity contribution < 1.29 is 0 Å². The first-order chi connectivity index (χ1) is 12.7. The van der Waals surface area contributed by atoms with Gasteiger partial charge in [0.1, 0.15) is 0 Å². The summed E-state index contributed by atoms with van der Waals surface area (Å²) in [7, 11) is 0. The highest BCUT2D eigenvalue weighted by Gasteiger charge is 2.24. The Kier molecular flexibility index (Phi) is 3.53. The molecular weight excluding hydrogens is 390 g/mol. The Balaban J connectivity index is 1.68. The quantitative estimate of drug-likeness (QED) is 0.443. The second-order valence-electron chi connectivity index (χ2n) is 6.48. The number of imidazole rings is 1. The zero-order valence-electron chi connectivity index (χ0n) is 14.2. The number of fused-ring (bicyclic) bond motifs is 5. The number of rotatable bonds is 2. The summed E-state index contributed by atoms with van der Waals surface area (Å²) < 4.78 is 5.16. The highest BCUT2D eigenvalue weighted by atomic mass is 79.9. The molecular formula is C20H16BrN5. The Morgan fingerprint density at radius 1 is 1.12 bits per heavy atom. The van der Waals surface area contributed by atoms with Gasteiger partial charge in [0, 0.05) is 16.5 Å². The summed E-state index contributed by atoms with van der Waals surface area (Å²) >= 11 is 3.59. The molecule has 0 radical (unpaired) electrons. The minimum absolute atomic E-state index is 0.662. The molecule has 0 atom stereocenters. The van der Waals surface area contributed by atoms with Crippen LogP contribution in [0.4, 0.5) is 0 Å². The second-order valence-corrected chi connectivity index (χ2v) is 7.40. The molecule has 5 rings (SSSR count). The van der Waals surface area contributed by atoms with Crippen LogP contribution in [-0.2, 0) is 13.0 Å². The first-order valence-electron chi connectivity index (χ1n) is 8.50. The molecule has 1 aliphatic heterocycles. The van der Waals surface area contributed by atoms with Crippen LogP contribution in [0.3, 0.4) is 0 Å². The molecule has 2 aromatic heterocycles. The minimum atomic E-state index is 0.662. The molecule has 2 aromatic carbocycles. The molecule has 0 fully saturated rings. The number of nitrogens with zero attached hydrogens (tertiary/aromatic N) is 5. The Labute approximate surface area is 159 Å². The van der Waals surface area contributed by atoms with Gasteiger partial charge in [-0.3, -0.25) is 0 Å². The van der Waals surface area contributed by atoms with E-state index in [4.69, 9.17) is 10.1 Å². The number of halogens is 1. The maximum Gasteiger partial charge on any atom is 0.160 e. The van der Waals surface area contributed by atoms with E-state index in [1.165, 1.54) is 5.56 Å². The Morgan fingerprint density at radius 2 is 1.96 bits per heavy atom. The van der Waals surface area contributed by atoms with E-state index < -0.39 is 0 Å². The Hall–Kier alpha value is -2.73. The molecule has 0 saturated carbocycles. The minimum Gasteiger partial charge on any atom is -0.300 e. The molecule has 0 N–H and O–H groups in total. The van der Waals surface area contributed by atoms with Crippen LogP contribution in [0.5, 0.6) is 0 Å². The topological polar surface area (TPSA) is 48.5 Å². The highest BCUT2D eigenvalue weighted by Crippen LogP contribution is 2.33. The van der Waals surface area contributed by atoms with Crippen LogP contribution in [0.25, 0.3) is 17.1 Å². The molecule has 1 aliphatic rings. The van der Waals surface area contributed by atoms with Crippen molar-refractivity contribution in [3.8, 4) is 17.1 Å². The van der Waals surface area contributed by atoms with Gasteiger partial charge in [0.25, 0.3) is 0 Å². The maximum atomic E-state index is 4.88. The first kappa shape index (κ1) is 15.5. The summed E-state index contributed by atoms with van der Waals surface area (Å²) in [5, 5.41) is 4.80. The van der Waals surface area contributed by atoms with E-state index in [-0.39, 0.29) is 0 Å². The predicted octanol–water partition coefficient (Wildman–Crippen LogP) is 4.15. The number of aryl methyl sites for hydroxylation is 1.